The van der Waals surface area contributed by atoms with Crippen LogP contribution in [0.5, 0.6) is 0 Å². The molecule has 0 heterocycles. The fourth-order valence-corrected chi connectivity index (χ4v) is 0.564. The third kappa shape index (κ3) is 13.7. The lowest BCUT2D eigenvalue weighted by molar-refractivity contribution is 0.520. The largest absolute Gasteiger partial charge is 0.120 e. The van der Waals surface area contributed by atoms with Gasteiger partial charge in [-0.05, 0) is 18.3 Å². The van der Waals surface area contributed by atoms with Crippen molar-refractivity contribution in [3.8, 4) is 24.7 Å². The molecule has 80 valence electrons. The summed E-state index contributed by atoms with van der Waals surface area (Å²) >= 11 is 0. The maximum Gasteiger partial charge on any atom is 0.0194 e. The molecule has 0 amide bonds. The second-order valence-corrected chi connectivity index (χ2v) is 4.34. The summed E-state index contributed by atoms with van der Waals surface area (Å²) in [6.45, 7) is 10.7. The van der Waals surface area contributed by atoms with Crippen molar-refractivity contribution >= 4 is 0 Å². The predicted molar refractivity (Wildman–Crippen MR) is 65.7 cm³/mol. The summed E-state index contributed by atoms with van der Waals surface area (Å²) in [4.78, 5) is 0. The zero-order chi connectivity index (χ0) is 11.6. The van der Waals surface area contributed by atoms with Crippen molar-refractivity contribution in [3.05, 3.63) is 0 Å². The van der Waals surface area contributed by atoms with E-state index in [9.17, 15) is 0 Å². The lowest BCUT2D eigenvalue weighted by Crippen LogP contribution is -1.98. The Balaban J connectivity index is 0. The van der Waals surface area contributed by atoms with E-state index in [1.54, 1.807) is 0 Å². The average molecular weight is 192 g/mol. The van der Waals surface area contributed by atoms with Crippen molar-refractivity contribution in [2.24, 2.45) is 17.8 Å². The Labute approximate surface area is 90.5 Å². The first-order chi connectivity index (χ1) is 6.45. The molecular weight excluding hydrogens is 168 g/mol. The van der Waals surface area contributed by atoms with Gasteiger partial charge in [-0.3, -0.25) is 0 Å². The van der Waals surface area contributed by atoms with Gasteiger partial charge in [-0.15, -0.1) is 24.7 Å². The standard InChI is InChI=1S/2C7H12/c1-5-7(4)6(2)3;1-4-5-6-7(2)3/h1,6-7H,2-4H3;1,7H,5-6H2,2-3H3. The molecule has 0 radical (unpaired) electrons. The minimum atomic E-state index is 0.431. The summed E-state index contributed by atoms with van der Waals surface area (Å²) in [5.74, 6) is 7.08. The van der Waals surface area contributed by atoms with E-state index in [0.29, 0.717) is 11.8 Å². The minimum absolute atomic E-state index is 0.431. The highest BCUT2D eigenvalue weighted by Gasteiger charge is 1.99. The van der Waals surface area contributed by atoms with Gasteiger partial charge in [0.1, 0.15) is 0 Å². The molecule has 0 aliphatic carbocycles. The molecule has 1 atom stereocenters. The molecule has 0 aromatic heterocycles. The van der Waals surface area contributed by atoms with Crippen LogP contribution in [0.15, 0.2) is 0 Å². The predicted octanol–water partition coefficient (Wildman–Crippen LogP) is 3.97. The van der Waals surface area contributed by atoms with Crippen molar-refractivity contribution in [1.82, 2.24) is 0 Å². The molecule has 0 aliphatic heterocycles. The van der Waals surface area contributed by atoms with Gasteiger partial charge < -0.3 is 0 Å². The zero-order valence-electron chi connectivity index (χ0n) is 10.3. The normalized spacial score (nSPS) is 11.2. The van der Waals surface area contributed by atoms with E-state index in [4.69, 9.17) is 12.8 Å². The summed E-state index contributed by atoms with van der Waals surface area (Å²) in [6, 6.07) is 0. The topological polar surface area (TPSA) is 0 Å². The minimum Gasteiger partial charge on any atom is -0.120 e. The lowest BCUT2D eigenvalue weighted by Gasteiger charge is -2.04. The number of hydrogen-bond acceptors (Lipinski definition) is 0. The van der Waals surface area contributed by atoms with Crippen molar-refractivity contribution in [2.45, 2.75) is 47.5 Å². The smallest absolute Gasteiger partial charge is 0.0194 e. The van der Waals surface area contributed by atoms with Crippen molar-refractivity contribution in [1.29, 1.82) is 0 Å². The van der Waals surface area contributed by atoms with Crippen LogP contribution < -0.4 is 0 Å². The van der Waals surface area contributed by atoms with Crippen LogP contribution in [0.3, 0.4) is 0 Å². The van der Waals surface area contributed by atoms with Gasteiger partial charge in [-0.25, -0.2) is 0 Å². The van der Waals surface area contributed by atoms with E-state index in [1.165, 1.54) is 0 Å². The lowest BCUT2D eigenvalue weighted by atomic mass is 10.00. The Morgan fingerprint density at radius 1 is 1.00 bits per heavy atom. The SMILES string of the molecule is C#CC(C)C(C)C.C#CCCC(C)C. The molecule has 0 saturated heterocycles. The van der Waals surface area contributed by atoms with E-state index in [-0.39, 0.29) is 0 Å². The van der Waals surface area contributed by atoms with Gasteiger partial charge in [0.2, 0.25) is 0 Å². The molecule has 0 aliphatic rings. The molecule has 0 rings (SSSR count). The fraction of sp³-hybridized carbons (Fsp3) is 0.714. The van der Waals surface area contributed by atoms with Gasteiger partial charge in [0, 0.05) is 12.3 Å². The van der Waals surface area contributed by atoms with Gasteiger partial charge in [0.25, 0.3) is 0 Å². The third-order valence-electron chi connectivity index (χ3n) is 2.13. The molecule has 0 aromatic carbocycles. The fourth-order valence-electron chi connectivity index (χ4n) is 0.564. The summed E-state index contributed by atoms with van der Waals surface area (Å²) in [7, 11) is 0. The second-order valence-electron chi connectivity index (χ2n) is 4.34. The first-order valence-corrected chi connectivity index (χ1v) is 5.35. The van der Waals surface area contributed by atoms with Crippen molar-refractivity contribution in [3.63, 3.8) is 0 Å². The van der Waals surface area contributed by atoms with Crippen LogP contribution in [-0.4, -0.2) is 0 Å². The second kappa shape index (κ2) is 10.2. The third-order valence-corrected chi connectivity index (χ3v) is 2.13. The molecule has 0 heteroatoms. The number of rotatable bonds is 3. The zero-order valence-corrected chi connectivity index (χ0v) is 10.3. The van der Waals surface area contributed by atoms with Gasteiger partial charge in [-0.1, -0.05) is 34.6 Å². The highest BCUT2D eigenvalue weighted by molar-refractivity contribution is 4.91. The number of hydrogen-bond donors (Lipinski definition) is 0. The molecule has 0 spiro atoms. The Bertz CT molecular complexity index is 185. The molecule has 0 bridgehead atoms. The first kappa shape index (κ1) is 15.6. The average Bonchev–Trinajstić information content (AvgIpc) is 2.14. The van der Waals surface area contributed by atoms with Crippen LogP contribution in [0.1, 0.15) is 47.5 Å². The van der Waals surface area contributed by atoms with E-state index in [1.807, 2.05) is 0 Å². The molecule has 0 saturated carbocycles. The Morgan fingerprint density at radius 3 is 1.57 bits per heavy atom. The van der Waals surface area contributed by atoms with Gasteiger partial charge in [0.15, 0.2) is 0 Å². The molecule has 0 fully saturated rings. The van der Waals surface area contributed by atoms with E-state index in [0.717, 1.165) is 18.8 Å². The highest BCUT2D eigenvalue weighted by atomic mass is 14.0. The monoisotopic (exact) mass is 192 g/mol. The first-order valence-electron chi connectivity index (χ1n) is 5.35. The summed E-state index contributed by atoms with van der Waals surface area (Å²) in [6.07, 6.45) is 12.2. The van der Waals surface area contributed by atoms with Crippen molar-refractivity contribution < 1.29 is 0 Å². The van der Waals surface area contributed by atoms with E-state index in [2.05, 4.69) is 46.5 Å². The van der Waals surface area contributed by atoms with E-state index < -0.39 is 0 Å². The maximum absolute atomic E-state index is 5.12. The van der Waals surface area contributed by atoms with E-state index >= 15 is 0 Å². The van der Waals surface area contributed by atoms with Crippen LogP contribution in [0.4, 0.5) is 0 Å². The van der Waals surface area contributed by atoms with Crippen molar-refractivity contribution in [2.75, 3.05) is 0 Å². The summed E-state index contributed by atoms with van der Waals surface area (Å²) < 4.78 is 0. The molecule has 0 nitrogen and oxygen atoms in total. The Hall–Kier alpha value is -0.880. The van der Waals surface area contributed by atoms with Gasteiger partial charge >= 0.3 is 0 Å². The highest BCUT2D eigenvalue weighted by Crippen LogP contribution is 2.05. The van der Waals surface area contributed by atoms with Crippen LogP contribution in [-0.2, 0) is 0 Å². The number of terminal acetylenes is 2. The summed E-state index contributed by atoms with van der Waals surface area (Å²) in [5.41, 5.74) is 0. The maximum atomic E-state index is 5.12. The Morgan fingerprint density at radius 2 is 1.50 bits per heavy atom. The van der Waals surface area contributed by atoms with Crippen LogP contribution >= 0.6 is 0 Å². The molecular formula is C14H24. The molecule has 14 heavy (non-hydrogen) atoms. The van der Waals surface area contributed by atoms with Gasteiger partial charge in [0.05, 0.1) is 0 Å². The summed E-state index contributed by atoms with van der Waals surface area (Å²) in [5, 5.41) is 0. The van der Waals surface area contributed by atoms with Crippen LogP contribution in [0.25, 0.3) is 0 Å². The molecule has 0 N–H and O–H groups in total. The quantitative estimate of drug-likeness (QED) is 0.594. The van der Waals surface area contributed by atoms with Gasteiger partial charge in [-0.2, -0.15) is 0 Å². The van der Waals surface area contributed by atoms with Crippen LogP contribution in [0.2, 0.25) is 0 Å². The Kier molecular flexibility index (Phi) is 11.4. The molecule has 1 unspecified atom stereocenters. The van der Waals surface area contributed by atoms with Crippen LogP contribution in [0, 0.1) is 42.4 Å². The molecule has 0 aromatic rings.